The standard InChI is InChI=1S/C25H29ClN4O3/c1-28-12-14-29(15-13-28)11-5-10-27-24(31)18-30-21-8-2-3-9-22(21)33-23(25(30)32)17-19-6-4-7-20(26)16-19/h2-4,6-9,16-17H,5,10-15,18H2,1H3,(H,27,31). The van der Waals surface area contributed by atoms with E-state index in [1.807, 2.05) is 24.3 Å². The summed E-state index contributed by atoms with van der Waals surface area (Å²) in [6.45, 7) is 5.75. The molecule has 0 bridgehead atoms. The van der Waals surface area contributed by atoms with Crippen LogP contribution in [0.15, 0.2) is 54.3 Å². The molecule has 33 heavy (non-hydrogen) atoms. The van der Waals surface area contributed by atoms with Gasteiger partial charge in [0, 0.05) is 37.7 Å². The number of carbonyl (C=O) groups is 2. The van der Waals surface area contributed by atoms with Gasteiger partial charge in [-0.2, -0.15) is 0 Å². The molecule has 1 saturated heterocycles. The number of halogens is 1. The highest BCUT2D eigenvalue weighted by Crippen LogP contribution is 2.35. The Morgan fingerprint density at radius 3 is 2.70 bits per heavy atom. The minimum atomic E-state index is -0.360. The molecule has 0 unspecified atom stereocenters. The van der Waals surface area contributed by atoms with Gasteiger partial charge >= 0.3 is 0 Å². The Balaban J connectivity index is 1.38. The molecular weight excluding hydrogens is 440 g/mol. The van der Waals surface area contributed by atoms with Gasteiger partial charge < -0.3 is 19.9 Å². The van der Waals surface area contributed by atoms with Crippen molar-refractivity contribution in [3.05, 3.63) is 64.9 Å². The summed E-state index contributed by atoms with van der Waals surface area (Å²) >= 11 is 6.07. The number of nitrogens with one attached hydrogen (secondary N) is 1. The van der Waals surface area contributed by atoms with Crippen LogP contribution in [0.4, 0.5) is 5.69 Å². The largest absolute Gasteiger partial charge is 0.449 e. The summed E-state index contributed by atoms with van der Waals surface area (Å²) in [4.78, 5) is 32.1. The van der Waals surface area contributed by atoms with E-state index in [2.05, 4.69) is 22.2 Å². The number of rotatable bonds is 7. The first-order chi connectivity index (χ1) is 16.0. The van der Waals surface area contributed by atoms with E-state index >= 15 is 0 Å². The third-order valence-electron chi connectivity index (χ3n) is 5.85. The topological polar surface area (TPSA) is 65.1 Å². The molecule has 8 heteroatoms. The fourth-order valence-corrected chi connectivity index (χ4v) is 4.17. The highest BCUT2D eigenvalue weighted by atomic mass is 35.5. The predicted octanol–water partition coefficient (Wildman–Crippen LogP) is 2.86. The summed E-state index contributed by atoms with van der Waals surface area (Å²) in [6, 6.07) is 14.4. The van der Waals surface area contributed by atoms with Gasteiger partial charge in [0.05, 0.1) is 5.69 Å². The highest BCUT2D eigenvalue weighted by Gasteiger charge is 2.31. The molecule has 2 aromatic rings. The Kier molecular flexibility index (Phi) is 7.65. The van der Waals surface area contributed by atoms with Crippen molar-refractivity contribution in [1.82, 2.24) is 15.1 Å². The van der Waals surface area contributed by atoms with Gasteiger partial charge in [0.2, 0.25) is 5.91 Å². The second-order valence-electron chi connectivity index (χ2n) is 8.37. The van der Waals surface area contributed by atoms with Gasteiger partial charge in [0.15, 0.2) is 11.5 Å². The molecular formula is C25H29ClN4O3. The first-order valence-electron chi connectivity index (χ1n) is 11.2. The molecule has 1 fully saturated rings. The Labute approximate surface area is 199 Å². The molecule has 2 aliphatic heterocycles. The molecule has 2 amide bonds. The lowest BCUT2D eigenvalue weighted by Gasteiger charge is -2.32. The average Bonchev–Trinajstić information content (AvgIpc) is 2.81. The van der Waals surface area contributed by atoms with Gasteiger partial charge in [-0.15, -0.1) is 0 Å². The quantitative estimate of drug-likeness (QED) is 0.500. The van der Waals surface area contributed by atoms with Crippen LogP contribution in [0.1, 0.15) is 12.0 Å². The number of hydrogen-bond donors (Lipinski definition) is 1. The summed E-state index contributed by atoms with van der Waals surface area (Å²) in [6.07, 6.45) is 2.52. The SMILES string of the molecule is CN1CCN(CCCNC(=O)CN2C(=O)C(=Cc3cccc(Cl)c3)Oc3ccccc32)CC1. The number of likely N-dealkylation sites (N-methyl/N-ethyl adjacent to an activating group) is 1. The maximum atomic E-state index is 13.2. The first kappa shape index (κ1) is 23.3. The monoisotopic (exact) mass is 468 g/mol. The zero-order valence-corrected chi connectivity index (χ0v) is 19.6. The molecule has 0 radical (unpaired) electrons. The maximum Gasteiger partial charge on any atom is 0.294 e. The second-order valence-corrected chi connectivity index (χ2v) is 8.81. The lowest BCUT2D eigenvalue weighted by Crippen LogP contribution is -2.46. The van der Waals surface area contributed by atoms with Crippen LogP contribution in [0.2, 0.25) is 5.02 Å². The molecule has 0 spiro atoms. The van der Waals surface area contributed by atoms with E-state index < -0.39 is 0 Å². The van der Waals surface area contributed by atoms with Crippen molar-refractivity contribution < 1.29 is 14.3 Å². The molecule has 0 saturated carbocycles. The van der Waals surface area contributed by atoms with Crippen LogP contribution < -0.4 is 15.0 Å². The summed E-state index contributed by atoms with van der Waals surface area (Å²) < 4.78 is 5.86. The fourth-order valence-electron chi connectivity index (χ4n) is 3.97. The third-order valence-corrected chi connectivity index (χ3v) is 6.08. The van der Waals surface area contributed by atoms with Gasteiger partial charge in [0.1, 0.15) is 6.54 Å². The van der Waals surface area contributed by atoms with E-state index in [4.69, 9.17) is 16.3 Å². The van der Waals surface area contributed by atoms with Gasteiger partial charge in [-0.3, -0.25) is 14.5 Å². The number of fused-ring (bicyclic) bond motifs is 1. The first-order valence-corrected chi connectivity index (χ1v) is 11.6. The number of ether oxygens (including phenoxy) is 1. The Morgan fingerprint density at radius 2 is 1.91 bits per heavy atom. The fraction of sp³-hybridized carbons (Fsp3) is 0.360. The highest BCUT2D eigenvalue weighted by molar-refractivity contribution is 6.30. The predicted molar refractivity (Wildman–Crippen MR) is 130 cm³/mol. The molecule has 1 N–H and O–H groups in total. The smallest absolute Gasteiger partial charge is 0.294 e. The van der Waals surface area contributed by atoms with Gasteiger partial charge in [-0.25, -0.2) is 0 Å². The van der Waals surface area contributed by atoms with Crippen LogP contribution in [-0.2, 0) is 9.59 Å². The molecule has 2 heterocycles. The number of nitrogens with zero attached hydrogens (tertiary/aromatic N) is 3. The number of para-hydroxylation sites is 2. The van der Waals surface area contributed by atoms with Gasteiger partial charge in [0.25, 0.3) is 5.91 Å². The summed E-state index contributed by atoms with van der Waals surface area (Å²) in [5.41, 5.74) is 1.33. The van der Waals surface area contributed by atoms with Crippen molar-refractivity contribution in [1.29, 1.82) is 0 Å². The number of amides is 2. The molecule has 0 aliphatic carbocycles. The lowest BCUT2D eigenvalue weighted by molar-refractivity contribution is -0.123. The van der Waals surface area contributed by atoms with E-state index in [1.165, 1.54) is 4.90 Å². The third kappa shape index (κ3) is 6.13. The van der Waals surface area contributed by atoms with E-state index in [0.717, 1.165) is 44.7 Å². The Morgan fingerprint density at radius 1 is 1.12 bits per heavy atom. The molecule has 0 aromatic heterocycles. The van der Waals surface area contributed by atoms with Gasteiger partial charge in [-0.1, -0.05) is 35.9 Å². The van der Waals surface area contributed by atoms with Crippen molar-refractivity contribution >= 4 is 35.2 Å². The molecule has 4 rings (SSSR count). The normalized spacial score (nSPS) is 18.2. The molecule has 0 atom stereocenters. The lowest BCUT2D eigenvalue weighted by atomic mass is 10.1. The number of carbonyl (C=O) groups excluding carboxylic acids is 2. The van der Waals surface area contributed by atoms with Crippen molar-refractivity contribution in [3.63, 3.8) is 0 Å². The second kappa shape index (κ2) is 10.8. The van der Waals surface area contributed by atoms with E-state index in [1.54, 1.807) is 30.3 Å². The van der Waals surface area contributed by atoms with Crippen molar-refractivity contribution in [2.24, 2.45) is 0 Å². The number of piperazine rings is 1. The van der Waals surface area contributed by atoms with Crippen LogP contribution >= 0.6 is 11.6 Å². The van der Waals surface area contributed by atoms with Crippen LogP contribution in [0, 0.1) is 0 Å². The van der Waals surface area contributed by atoms with Crippen LogP contribution in [-0.4, -0.2) is 74.5 Å². The minimum Gasteiger partial charge on any atom is -0.449 e. The number of benzene rings is 2. The van der Waals surface area contributed by atoms with Crippen molar-refractivity contribution in [2.75, 3.05) is 57.8 Å². The Bertz CT molecular complexity index is 1030. The summed E-state index contributed by atoms with van der Waals surface area (Å²) in [5.74, 6) is 0.133. The average molecular weight is 469 g/mol. The molecule has 2 aromatic carbocycles. The minimum absolute atomic E-state index is 0.0688. The molecule has 2 aliphatic rings. The zero-order chi connectivity index (χ0) is 23.2. The molecule has 7 nitrogen and oxygen atoms in total. The summed E-state index contributed by atoms with van der Waals surface area (Å²) in [5, 5.41) is 3.52. The van der Waals surface area contributed by atoms with Crippen molar-refractivity contribution in [3.8, 4) is 5.75 Å². The van der Waals surface area contributed by atoms with E-state index in [9.17, 15) is 9.59 Å². The van der Waals surface area contributed by atoms with Crippen LogP contribution in [0.25, 0.3) is 6.08 Å². The van der Waals surface area contributed by atoms with Gasteiger partial charge in [-0.05, 0) is 55.9 Å². The van der Waals surface area contributed by atoms with Crippen LogP contribution in [0.5, 0.6) is 5.75 Å². The molecule has 174 valence electrons. The zero-order valence-electron chi connectivity index (χ0n) is 18.8. The van der Waals surface area contributed by atoms with E-state index in [-0.39, 0.29) is 24.1 Å². The number of hydrogen-bond acceptors (Lipinski definition) is 5. The van der Waals surface area contributed by atoms with Crippen molar-refractivity contribution in [2.45, 2.75) is 6.42 Å². The van der Waals surface area contributed by atoms with Crippen LogP contribution in [0.3, 0.4) is 0 Å². The maximum absolute atomic E-state index is 13.2. The summed E-state index contributed by atoms with van der Waals surface area (Å²) in [7, 11) is 2.14. The number of anilines is 1. The Hall–Kier alpha value is -2.87. The van der Waals surface area contributed by atoms with E-state index in [0.29, 0.717) is 23.0 Å².